The van der Waals surface area contributed by atoms with Gasteiger partial charge in [-0.05, 0) is 26.3 Å². The highest BCUT2D eigenvalue weighted by Crippen LogP contribution is 2.19. The minimum Gasteiger partial charge on any atom is -0.383 e. The quantitative estimate of drug-likeness (QED) is 0.653. The van der Waals surface area contributed by atoms with Gasteiger partial charge in [0.15, 0.2) is 0 Å². The predicted octanol–water partition coefficient (Wildman–Crippen LogP) is 0.990. The first kappa shape index (κ1) is 17.4. The maximum atomic E-state index is 12.2. The molecule has 1 rings (SSSR count). The summed E-state index contributed by atoms with van der Waals surface area (Å²) in [6.45, 7) is 9.47. The van der Waals surface area contributed by atoms with E-state index in [0.29, 0.717) is 25.2 Å². The van der Waals surface area contributed by atoms with E-state index in [2.05, 4.69) is 29.4 Å². The van der Waals surface area contributed by atoms with E-state index >= 15 is 0 Å². The van der Waals surface area contributed by atoms with Gasteiger partial charge >= 0.3 is 0 Å². The number of amides is 1. The number of piperidine rings is 1. The molecule has 1 aliphatic heterocycles. The Balaban J connectivity index is 2.48. The number of likely N-dealkylation sites (tertiary alicyclic amines) is 1. The Morgan fingerprint density at radius 3 is 2.75 bits per heavy atom. The van der Waals surface area contributed by atoms with Crippen LogP contribution in [0.2, 0.25) is 0 Å². The lowest BCUT2D eigenvalue weighted by atomic mass is 9.99. The third kappa shape index (κ3) is 5.77. The number of carbonyl (C=O) groups excluding carboxylic acids is 1. The molecule has 2 atom stereocenters. The van der Waals surface area contributed by atoms with E-state index in [4.69, 9.17) is 4.74 Å². The average Bonchev–Trinajstić information content (AvgIpc) is 2.44. The molecule has 20 heavy (non-hydrogen) atoms. The summed E-state index contributed by atoms with van der Waals surface area (Å²) in [6, 6.07) is 0.894. The van der Waals surface area contributed by atoms with Crippen molar-refractivity contribution in [1.29, 1.82) is 0 Å². The molecule has 2 N–H and O–H groups in total. The molecule has 0 spiro atoms. The lowest BCUT2D eigenvalue weighted by Crippen LogP contribution is -2.55. The second-order valence-corrected chi connectivity index (χ2v) is 5.91. The molecule has 1 fully saturated rings. The fourth-order valence-corrected chi connectivity index (χ4v) is 2.70. The van der Waals surface area contributed by atoms with Crippen LogP contribution in [0.4, 0.5) is 0 Å². The van der Waals surface area contributed by atoms with E-state index in [9.17, 15) is 4.79 Å². The molecule has 0 bridgehead atoms. The molecule has 0 aromatic carbocycles. The van der Waals surface area contributed by atoms with E-state index < -0.39 is 0 Å². The van der Waals surface area contributed by atoms with Gasteiger partial charge < -0.3 is 15.4 Å². The Hall–Kier alpha value is -0.650. The molecule has 1 aliphatic rings. The third-order valence-corrected chi connectivity index (χ3v) is 3.92. The van der Waals surface area contributed by atoms with Crippen LogP contribution in [-0.4, -0.2) is 62.3 Å². The molecule has 1 saturated heterocycles. The van der Waals surface area contributed by atoms with Crippen molar-refractivity contribution in [2.45, 2.75) is 58.2 Å². The van der Waals surface area contributed by atoms with Crippen LogP contribution in [0.5, 0.6) is 0 Å². The summed E-state index contributed by atoms with van der Waals surface area (Å²) < 4.78 is 4.97. The number of nitrogens with one attached hydrogen (secondary N) is 2. The van der Waals surface area contributed by atoms with Crippen molar-refractivity contribution in [3.05, 3.63) is 0 Å². The van der Waals surface area contributed by atoms with Gasteiger partial charge in [-0.3, -0.25) is 9.69 Å². The van der Waals surface area contributed by atoms with Crippen LogP contribution in [-0.2, 0) is 9.53 Å². The Labute approximate surface area is 123 Å². The minimum atomic E-state index is -0.0638. The summed E-state index contributed by atoms with van der Waals surface area (Å²) in [5.74, 6) is 0.110. The van der Waals surface area contributed by atoms with Gasteiger partial charge in [0.05, 0.1) is 12.6 Å². The molecule has 5 nitrogen and oxygen atoms in total. The second-order valence-electron chi connectivity index (χ2n) is 5.91. The van der Waals surface area contributed by atoms with Crippen LogP contribution in [0.15, 0.2) is 0 Å². The fraction of sp³-hybridized carbons (Fsp3) is 0.933. The molecule has 2 unspecified atom stereocenters. The summed E-state index contributed by atoms with van der Waals surface area (Å²) >= 11 is 0. The van der Waals surface area contributed by atoms with Gasteiger partial charge in [-0.1, -0.05) is 20.3 Å². The highest BCUT2D eigenvalue weighted by molar-refractivity contribution is 5.81. The maximum absolute atomic E-state index is 12.2. The Kier molecular flexibility index (Phi) is 8.11. The zero-order valence-corrected chi connectivity index (χ0v) is 13.4. The van der Waals surface area contributed by atoms with Crippen molar-refractivity contribution >= 4 is 5.91 Å². The van der Waals surface area contributed by atoms with Crippen molar-refractivity contribution in [3.8, 4) is 0 Å². The lowest BCUT2D eigenvalue weighted by molar-refractivity contribution is -0.127. The van der Waals surface area contributed by atoms with E-state index in [0.717, 1.165) is 13.1 Å². The molecule has 0 aliphatic carbocycles. The summed E-state index contributed by atoms with van der Waals surface area (Å²) in [4.78, 5) is 14.5. The molecule has 5 heteroatoms. The van der Waals surface area contributed by atoms with Crippen LogP contribution in [0.1, 0.15) is 40.0 Å². The van der Waals surface area contributed by atoms with Gasteiger partial charge in [-0.2, -0.15) is 0 Å². The monoisotopic (exact) mass is 285 g/mol. The fourth-order valence-electron chi connectivity index (χ4n) is 2.70. The van der Waals surface area contributed by atoms with Crippen molar-refractivity contribution in [1.82, 2.24) is 15.5 Å². The Morgan fingerprint density at radius 1 is 1.35 bits per heavy atom. The maximum Gasteiger partial charge on any atom is 0.237 e. The molecule has 0 aromatic rings. The number of ether oxygens (including phenoxy) is 1. The number of hydrogen-bond donors (Lipinski definition) is 2. The highest BCUT2D eigenvalue weighted by atomic mass is 16.5. The van der Waals surface area contributed by atoms with E-state index in [-0.39, 0.29) is 11.9 Å². The predicted molar refractivity (Wildman–Crippen MR) is 81.8 cm³/mol. The zero-order valence-electron chi connectivity index (χ0n) is 13.4. The number of nitrogens with zero attached hydrogens (tertiary/aromatic N) is 1. The average molecular weight is 285 g/mol. The molecule has 1 heterocycles. The van der Waals surface area contributed by atoms with Crippen molar-refractivity contribution in [2.24, 2.45) is 0 Å². The third-order valence-electron chi connectivity index (χ3n) is 3.92. The van der Waals surface area contributed by atoms with Gasteiger partial charge in [0.2, 0.25) is 5.91 Å². The summed E-state index contributed by atoms with van der Waals surface area (Å²) in [6.07, 6.45) is 3.63. The van der Waals surface area contributed by atoms with Crippen LogP contribution in [0, 0.1) is 0 Å². The minimum absolute atomic E-state index is 0.0638. The first-order valence-corrected chi connectivity index (χ1v) is 7.82. The number of carbonyl (C=O) groups is 1. The standard InChI is InChI=1S/C15H31N3O2/c1-12(2)17-11-14-7-5-6-9-18(14)13(3)15(19)16-8-10-20-4/h12-14,17H,5-11H2,1-4H3,(H,16,19). The first-order chi connectivity index (χ1) is 9.56. The molecular formula is C15H31N3O2. The normalized spacial score (nSPS) is 21.9. The van der Waals surface area contributed by atoms with Crippen molar-refractivity contribution in [3.63, 3.8) is 0 Å². The molecule has 0 aromatic heterocycles. The number of methoxy groups -OCH3 is 1. The number of rotatable bonds is 8. The van der Waals surface area contributed by atoms with Gasteiger partial charge in [0.25, 0.3) is 0 Å². The molecular weight excluding hydrogens is 254 g/mol. The molecule has 118 valence electrons. The van der Waals surface area contributed by atoms with Crippen molar-refractivity contribution < 1.29 is 9.53 Å². The van der Waals surface area contributed by atoms with E-state index in [1.807, 2.05) is 6.92 Å². The van der Waals surface area contributed by atoms with Crippen LogP contribution < -0.4 is 10.6 Å². The van der Waals surface area contributed by atoms with Gasteiger partial charge in [0.1, 0.15) is 0 Å². The van der Waals surface area contributed by atoms with E-state index in [1.165, 1.54) is 19.3 Å². The molecule has 1 amide bonds. The summed E-state index contributed by atoms with van der Waals surface area (Å²) in [5.41, 5.74) is 0. The zero-order chi connectivity index (χ0) is 15.0. The smallest absolute Gasteiger partial charge is 0.237 e. The lowest BCUT2D eigenvalue weighted by Gasteiger charge is -2.39. The van der Waals surface area contributed by atoms with Gasteiger partial charge in [-0.15, -0.1) is 0 Å². The van der Waals surface area contributed by atoms with Crippen LogP contribution >= 0.6 is 0 Å². The molecule has 0 saturated carbocycles. The molecule has 0 radical (unpaired) electrons. The van der Waals surface area contributed by atoms with Crippen molar-refractivity contribution in [2.75, 3.05) is 33.4 Å². The van der Waals surface area contributed by atoms with Gasteiger partial charge in [-0.25, -0.2) is 0 Å². The number of hydrogen-bond acceptors (Lipinski definition) is 4. The van der Waals surface area contributed by atoms with Gasteiger partial charge in [0, 0.05) is 32.3 Å². The van der Waals surface area contributed by atoms with Crippen LogP contribution in [0.25, 0.3) is 0 Å². The second kappa shape index (κ2) is 9.32. The summed E-state index contributed by atoms with van der Waals surface area (Å²) in [7, 11) is 1.65. The SMILES string of the molecule is COCCNC(=O)C(C)N1CCCCC1CNC(C)C. The highest BCUT2D eigenvalue weighted by Gasteiger charge is 2.29. The largest absolute Gasteiger partial charge is 0.383 e. The first-order valence-electron chi connectivity index (χ1n) is 7.82. The Bertz CT molecular complexity index is 284. The van der Waals surface area contributed by atoms with E-state index in [1.54, 1.807) is 7.11 Å². The topological polar surface area (TPSA) is 53.6 Å². The van der Waals surface area contributed by atoms with Crippen LogP contribution in [0.3, 0.4) is 0 Å². The Morgan fingerprint density at radius 2 is 2.10 bits per heavy atom. The summed E-state index contributed by atoms with van der Waals surface area (Å²) in [5, 5.41) is 6.44.